The molecule has 0 aliphatic rings. The third kappa shape index (κ3) is 3.50. The standard InChI is InChI=1S/C9H21NOSi/c1-9(2,3)12(4,5)11-8-6-7-10/h7,10H,6,8H2,1-5H3. The third-order valence-corrected chi connectivity index (χ3v) is 7.07. The zero-order valence-electron chi connectivity index (χ0n) is 8.90. The molecular weight excluding hydrogens is 166 g/mol. The molecule has 0 aromatic carbocycles. The molecule has 0 aliphatic carbocycles. The van der Waals surface area contributed by atoms with Crippen LogP contribution < -0.4 is 0 Å². The van der Waals surface area contributed by atoms with E-state index in [1.165, 1.54) is 6.21 Å². The third-order valence-electron chi connectivity index (χ3n) is 2.53. The zero-order valence-corrected chi connectivity index (χ0v) is 9.90. The Bertz CT molecular complexity index is 149. The number of rotatable bonds is 4. The van der Waals surface area contributed by atoms with E-state index in [0.29, 0.717) is 6.61 Å². The molecule has 0 aliphatic heterocycles. The SMILES string of the molecule is CC(C)(C)[Si](C)(C)OCCC=N. The van der Waals surface area contributed by atoms with E-state index in [0.717, 1.165) is 6.42 Å². The van der Waals surface area contributed by atoms with E-state index in [2.05, 4.69) is 33.9 Å². The fraction of sp³-hybridized carbons (Fsp3) is 0.889. The van der Waals surface area contributed by atoms with Gasteiger partial charge in [-0.15, -0.1) is 0 Å². The van der Waals surface area contributed by atoms with Crippen molar-refractivity contribution in [2.45, 2.75) is 45.3 Å². The van der Waals surface area contributed by atoms with Gasteiger partial charge in [0, 0.05) is 13.0 Å². The molecule has 0 unspecified atom stereocenters. The molecule has 0 aromatic rings. The molecule has 0 rings (SSSR count). The van der Waals surface area contributed by atoms with Gasteiger partial charge in [0.1, 0.15) is 0 Å². The van der Waals surface area contributed by atoms with Crippen molar-refractivity contribution in [2.24, 2.45) is 0 Å². The van der Waals surface area contributed by atoms with Crippen LogP contribution >= 0.6 is 0 Å². The minimum Gasteiger partial charge on any atom is -0.416 e. The molecule has 0 aromatic heterocycles. The van der Waals surface area contributed by atoms with Crippen molar-refractivity contribution in [3.8, 4) is 0 Å². The number of hydrogen-bond acceptors (Lipinski definition) is 2. The summed E-state index contributed by atoms with van der Waals surface area (Å²) < 4.78 is 5.82. The first-order valence-corrected chi connectivity index (χ1v) is 7.35. The van der Waals surface area contributed by atoms with E-state index in [9.17, 15) is 0 Å². The molecule has 0 radical (unpaired) electrons. The van der Waals surface area contributed by atoms with Gasteiger partial charge in [-0.1, -0.05) is 20.8 Å². The van der Waals surface area contributed by atoms with E-state index in [-0.39, 0.29) is 5.04 Å². The maximum atomic E-state index is 6.88. The lowest BCUT2D eigenvalue weighted by atomic mass is 10.2. The van der Waals surface area contributed by atoms with Crippen molar-refractivity contribution < 1.29 is 4.43 Å². The summed E-state index contributed by atoms with van der Waals surface area (Å²) in [5.41, 5.74) is 0. The second kappa shape index (κ2) is 4.19. The summed E-state index contributed by atoms with van der Waals surface area (Å²) >= 11 is 0. The molecule has 72 valence electrons. The van der Waals surface area contributed by atoms with Crippen LogP contribution in [0.25, 0.3) is 0 Å². The van der Waals surface area contributed by atoms with Crippen LogP contribution in [0.5, 0.6) is 0 Å². The summed E-state index contributed by atoms with van der Waals surface area (Å²) in [6.45, 7) is 11.9. The summed E-state index contributed by atoms with van der Waals surface area (Å²) in [6.07, 6.45) is 2.15. The Morgan fingerprint density at radius 2 is 1.83 bits per heavy atom. The highest BCUT2D eigenvalue weighted by Gasteiger charge is 2.36. The summed E-state index contributed by atoms with van der Waals surface area (Å²) in [6, 6.07) is 0. The highest BCUT2D eigenvalue weighted by molar-refractivity contribution is 6.74. The molecule has 0 saturated heterocycles. The fourth-order valence-corrected chi connectivity index (χ4v) is 1.65. The van der Waals surface area contributed by atoms with E-state index >= 15 is 0 Å². The van der Waals surface area contributed by atoms with Crippen LogP contribution in [0, 0.1) is 5.41 Å². The van der Waals surface area contributed by atoms with Gasteiger partial charge in [0.05, 0.1) is 0 Å². The Kier molecular flexibility index (Phi) is 4.13. The Morgan fingerprint density at radius 1 is 1.33 bits per heavy atom. The van der Waals surface area contributed by atoms with Gasteiger partial charge < -0.3 is 9.84 Å². The minimum absolute atomic E-state index is 0.287. The van der Waals surface area contributed by atoms with E-state index in [1.54, 1.807) is 0 Å². The maximum absolute atomic E-state index is 6.88. The molecule has 0 bridgehead atoms. The molecule has 1 N–H and O–H groups in total. The van der Waals surface area contributed by atoms with Gasteiger partial charge >= 0.3 is 0 Å². The normalized spacial score (nSPS) is 13.1. The highest BCUT2D eigenvalue weighted by atomic mass is 28.4. The summed E-state index contributed by atoms with van der Waals surface area (Å²) in [4.78, 5) is 0. The van der Waals surface area contributed by atoms with Crippen LogP contribution in [0.3, 0.4) is 0 Å². The maximum Gasteiger partial charge on any atom is 0.191 e. The summed E-state index contributed by atoms with van der Waals surface area (Å²) in [7, 11) is -1.55. The molecule has 0 saturated carbocycles. The van der Waals surface area contributed by atoms with E-state index in [4.69, 9.17) is 9.84 Å². The zero-order chi connectivity index (χ0) is 9.83. The number of hydrogen-bond donors (Lipinski definition) is 1. The predicted octanol–water partition coefficient (Wildman–Crippen LogP) is 3.05. The summed E-state index contributed by atoms with van der Waals surface area (Å²) in [5, 5.41) is 7.16. The lowest BCUT2D eigenvalue weighted by Gasteiger charge is -2.36. The van der Waals surface area contributed by atoms with E-state index < -0.39 is 8.32 Å². The van der Waals surface area contributed by atoms with Crippen molar-refractivity contribution in [3.63, 3.8) is 0 Å². The monoisotopic (exact) mass is 187 g/mol. The van der Waals surface area contributed by atoms with Crippen LogP contribution in [0.4, 0.5) is 0 Å². The second-order valence-corrected chi connectivity index (χ2v) is 9.41. The highest BCUT2D eigenvalue weighted by Crippen LogP contribution is 2.36. The van der Waals surface area contributed by atoms with Crippen LogP contribution in [0.2, 0.25) is 18.1 Å². The van der Waals surface area contributed by atoms with E-state index in [1.807, 2.05) is 0 Å². The van der Waals surface area contributed by atoms with Gasteiger partial charge in [0.15, 0.2) is 8.32 Å². The van der Waals surface area contributed by atoms with Crippen LogP contribution in [0.1, 0.15) is 27.2 Å². The Labute approximate surface area is 77.0 Å². The van der Waals surface area contributed by atoms with Crippen LogP contribution in [-0.2, 0) is 4.43 Å². The molecule has 0 amide bonds. The molecule has 0 fully saturated rings. The first-order valence-electron chi connectivity index (χ1n) is 4.44. The van der Waals surface area contributed by atoms with Gasteiger partial charge in [-0.3, -0.25) is 0 Å². The van der Waals surface area contributed by atoms with Crippen LogP contribution in [0.15, 0.2) is 0 Å². The molecule has 0 heterocycles. The van der Waals surface area contributed by atoms with Crippen LogP contribution in [-0.4, -0.2) is 21.1 Å². The van der Waals surface area contributed by atoms with Crippen molar-refractivity contribution in [1.82, 2.24) is 0 Å². The van der Waals surface area contributed by atoms with Crippen molar-refractivity contribution in [1.29, 1.82) is 5.41 Å². The average molecular weight is 187 g/mol. The smallest absolute Gasteiger partial charge is 0.191 e. The Balaban J connectivity index is 3.95. The van der Waals surface area contributed by atoms with Gasteiger partial charge in [-0.05, 0) is 24.3 Å². The topological polar surface area (TPSA) is 33.1 Å². The lowest BCUT2D eigenvalue weighted by molar-refractivity contribution is 0.299. The molecule has 0 atom stereocenters. The second-order valence-electron chi connectivity index (χ2n) is 4.60. The van der Waals surface area contributed by atoms with Gasteiger partial charge in [-0.2, -0.15) is 0 Å². The Morgan fingerprint density at radius 3 is 2.17 bits per heavy atom. The first kappa shape index (κ1) is 11.8. The first-order chi connectivity index (χ1) is 5.31. The molecular formula is C9H21NOSi. The molecule has 3 heteroatoms. The van der Waals surface area contributed by atoms with Gasteiger partial charge in [-0.25, -0.2) is 0 Å². The van der Waals surface area contributed by atoms with Crippen molar-refractivity contribution in [3.05, 3.63) is 0 Å². The fourth-order valence-electron chi connectivity index (χ4n) is 0.590. The van der Waals surface area contributed by atoms with Crippen molar-refractivity contribution in [2.75, 3.05) is 6.61 Å². The number of nitrogens with one attached hydrogen (secondary N) is 1. The van der Waals surface area contributed by atoms with Crippen molar-refractivity contribution >= 4 is 14.5 Å². The predicted molar refractivity (Wildman–Crippen MR) is 56.5 cm³/mol. The summed E-state index contributed by atoms with van der Waals surface area (Å²) in [5.74, 6) is 0. The van der Waals surface area contributed by atoms with Gasteiger partial charge in [0.2, 0.25) is 0 Å². The molecule has 2 nitrogen and oxygen atoms in total. The quantitative estimate of drug-likeness (QED) is 0.409. The minimum atomic E-state index is -1.55. The van der Waals surface area contributed by atoms with Gasteiger partial charge in [0.25, 0.3) is 0 Å². The largest absolute Gasteiger partial charge is 0.416 e. The molecule has 0 spiro atoms. The Hall–Kier alpha value is -0.153. The molecule has 12 heavy (non-hydrogen) atoms. The average Bonchev–Trinajstić information content (AvgIpc) is 1.85. The lowest BCUT2D eigenvalue weighted by Crippen LogP contribution is -2.40.